The Labute approximate surface area is 183 Å². The average molecular weight is 521 g/mol. The number of unbranched alkanes of at least 4 members (excludes halogenated alkanes) is 1. The van der Waals surface area contributed by atoms with Gasteiger partial charge < -0.3 is 15.5 Å². The van der Waals surface area contributed by atoms with Gasteiger partial charge in [0.15, 0.2) is 5.96 Å². The monoisotopic (exact) mass is 521 g/mol. The summed E-state index contributed by atoms with van der Waals surface area (Å²) >= 11 is 0. The average Bonchev–Trinajstić information content (AvgIpc) is 2.59. The molecule has 0 aromatic rings. The second kappa shape index (κ2) is 14.2. The second-order valence-electron chi connectivity index (χ2n) is 7.28. The normalized spacial score (nSPS) is 16.4. The molecule has 2 N–H and O–H groups in total. The van der Waals surface area contributed by atoms with Gasteiger partial charge in [-0.3, -0.25) is 9.69 Å². The number of nitrogens with zero attached hydrogens (tertiary/aromatic N) is 3. The number of likely N-dealkylation sites (N-methyl/N-ethyl adjacent to an activating group) is 1. The number of alkyl halides is 3. The van der Waals surface area contributed by atoms with Crippen LogP contribution >= 0.6 is 24.0 Å². The SMILES string of the molecule is CCCCNC(=NCC(=O)N(C)C)NCCC1CCN(CC(F)(F)F)CC1.I. The molecule has 166 valence electrons. The van der Waals surface area contributed by atoms with E-state index in [0.29, 0.717) is 31.5 Å². The van der Waals surface area contributed by atoms with Gasteiger partial charge in [0.25, 0.3) is 0 Å². The minimum Gasteiger partial charge on any atom is -0.356 e. The highest BCUT2D eigenvalue weighted by Gasteiger charge is 2.32. The van der Waals surface area contributed by atoms with Gasteiger partial charge in [-0.25, -0.2) is 4.99 Å². The van der Waals surface area contributed by atoms with Crippen LogP contribution in [-0.4, -0.2) is 81.2 Å². The number of halogens is 4. The van der Waals surface area contributed by atoms with Gasteiger partial charge in [-0.1, -0.05) is 13.3 Å². The number of aliphatic imine (C=N–C) groups is 1. The number of hydrogen-bond acceptors (Lipinski definition) is 3. The Bertz CT molecular complexity index is 467. The van der Waals surface area contributed by atoms with Crippen LogP contribution in [0.2, 0.25) is 0 Å². The zero-order chi connectivity index (χ0) is 20.3. The Balaban J connectivity index is 0.00000729. The highest BCUT2D eigenvalue weighted by Crippen LogP contribution is 2.23. The molecule has 0 unspecified atom stereocenters. The van der Waals surface area contributed by atoms with Gasteiger partial charge in [0.1, 0.15) is 6.54 Å². The van der Waals surface area contributed by atoms with Crippen LogP contribution in [0.15, 0.2) is 4.99 Å². The molecule has 0 saturated carbocycles. The second-order valence-corrected chi connectivity index (χ2v) is 7.28. The van der Waals surface area contributed by atoms with Crippen LogP contribution < -0.4 is 10.6 Å². The van der Waals surface area contributed by atoms with Crippen molar-refractivity contribution in [2.24, 2.45) is 10.9 Å². The number of amides is 1. The van der Waals surface area contributed by atoms with Gasteiger partial charge in [-0.2, -0.15) is 13.2 Å². The van der Waals surface area contributed by atoms with Gasteiger partial charge >= 0.3 is 6.18 Å². The predicted molar refractivity (Wildman–Crippen MR) is 117 cm³/mol. The third-order valence-corrected chi connectivity index (χ3v) is 4.65. The minimum absolute atomic E-state index is 0. The van der Waals surface area contributed by atoms with Gasteiger partial charge in [0.05, 0.1) is 6.54 Å². The molecule has 1 fully saturated rings. The molecule has 6 nitrogen and oxygen atoms in total. The molecule has 0 atom stereocenters. The molecular formula is C18H35F3IN5O. The molecule has 0 spiro atoms. The minimum atomic E-state index is -4.12. The summed E-state index contributed by atoms with van der Waals surface area (Å²) in [5.41, 5.74) is 0. The van der Waals surface area contributed by atoms with E-state index >= 15 is 0 Å². The molecule has 0 aromatic heterocycles. The van der Waals surface area contributed by atoms with Crippen LogP contribution in [0.5, 0.6) is 0 Å². The van der Waals surface area contributed by atoms with Crippen molar-refractivity contribution < 1.29 is 18.0 Å². The van der Waals surface area contributed by atoms with E-state index in [2.05, 4.69) is 22.5 Å². The van der Waals surface area contributed by atoms with Crippen molar-refractivity contribution in [3.8, 4) is 0 Å². The Hall–Kier alpha value is -0.780. The summed E-state index contributed by atoms with van der Waals surface area (Å²) in [7, 11) is 3.39. The molecule has 1 rings (SSSR count). The third kappa shape index (κ3) is 12.6. The number of carbonyl (C=O) groups excluding carboxylic acids is 1. The zero-order valence-corrected chi connectivity index (χ0v) is 19.5. The molecule has 1 saturated heterocycles. The number of guanidine groups is 1. The predicted octanol–water partition coefficient (Wildman–Crippen LogP) is 2.69. The fraction of sp³-hybridized carbons (Fsp3) is 0.889. The summed E-state index contributed by atoms with van der Waals surface area (Å²) in [4.78, 5) is 19.0. The van der Waals surface area contributed by atoms with Gasteiger partial charge in [0.2, 0.25) is 5.91 Å². The van der Waals surface area contributed by atoms with Gasteiger partial charge in [0, 0.05) is 27.2 Å². The topological polar surface area (TPSA) is 60.0 Å². The van der Waals surface area contributed by atoms with Crippen molar-refractivity contribution in [2.75, 3.05) is 53.4 Å². The lowest BCUT2D eigenvalue weighted by molar-refractivity contribution is -0.148. The standard InChI is InChI=1S/C18H34F3N5O.HI/c1-4-5-9-22-17(24-13-16(27)25(2)3)23-10-6-15-7-11-26(12-8-15)14-18(19,20)21;/h15H,4-14H2,1-3H3,(H2,22,23,24);1H. The maximum atomic E-state index is 12.4. The molecule has 0 aromatic carbocycles. The molecule has 0 bridgehead atoms. The van der Waals surface area contributed by atoms with Crippen LogP contribution in [0.4, 0.5) is 13.2 Å². The van der Waals surface area contributed by atoms with Crippen molar-refractivity contribution in [3.63, 3.8) is 0 Å². The molecule has 10 heteroatoms. The smallest absolute Gasteiger partial charge is 0.356 e. The van der Waals surface area contributed by atoms with Crippen molar-refractivity contribution in [1.29, 1.82) is 0 Å². The fourth-order valence-electron chi connectivity index (χ4n) is 2.93. The molecular weight excluding hydrogens is 486 g/mol. The number of hydrogen-bond donors (Lipinski definition) is 2. The lowest BCUT2D eigenvalue weighted by Crippen LogP contribution is -2.42. The molecule has 1 heterocycles. The number of rotatable bonds is 9. The highest BCUT2D eigenvalue weighted by atomic mass is 127. The molecule has 28 heavy (non-hydrogen) atoms. The molecule has 0 radical (unpaired) electrons. The first-order chi connectivity index (χ1) is 12.7. The van der Waals surface area contributed by atoms with E-state index < -0.39 is 12.7 Å². The number of nitrogens with one attached hydrogen (secondary N) is 2. The van der Waals surface area contributed by atoms with E-state index in [1.807, 2.05) is 0 Å². The van der Waals surface area contributed by atoms with Crippen LogP contribution in [-0.2, 0) is 4.79 Å². The van der Waals surface area contributed by atoms with E-state index in [1.165, 1.54) is 9.80 Å². The van der Waals surface area contributed by atoms with Crippen LogP contribution in [0.3, 0.4) is 0 Å². The number of carbonyl (C=O) groups is 1. The first-order valence-corrected chi connectivity index (χ1v) is 9.72. The van der Waals surface area contributed by atoms with Gasteiger partial charge in [-0.05, 0) is 44.7 Å². The summed E-state index contributed by atoms with van der Waals surface area (Å²) in [6.07, 6.45) is 0.413. The molecule has 0 aliphatic carbocycles. The largest absolute Gasteiger partial charge is 0.401 e. The van der Waals surface area contributed by atoms with E-state index in [0.717, 1.165) is 38.6 Å². The van der Waals surface area contributed by atoms with E-state index in [1.54, 1.807) is 14.1 Å². The van der Waals surface area contributed by atoms with Crippen molar-refractivity contribution in [1.82, 2.24) is 20.4 Å². The van der Waals surface area contributed by atoms with E-state index in [4.69, 9.17) is 0 Å². The highest BCUT2D eigenvalue weighted by molar-refractivity contribution is 14.0. The molecule has 1 aliphatic heterocycles. The van der Waals surface area contributed by atoms with Crippen LogP contribution in [0.1, 0.15) is 39.0 Å². The van der Waals surface area contributed by atoms with E-state index in [-0.39, 0.29) is 36.4 Å². The fourth-order valence-corrected chi connectivity index (χ4v) is 2.93. The number of piperidine rings is 1. The van der Waals surface area contributed by atoms with Gasteiger partial charge in [-0.15, -0.1) is 24.0 Å². The molecule has 1 amide bonds. The Morgan fingerprint density at radius 3 is 2.32 bits per heavy atom. The number of likely N-dealkylation sites (tertiary alicyclic amines) is 1. The summed E-state index contributed by atoms with van der Waals surface area (Å²) in [6, 6.07) is 0. The maximum absolute atomic E-state index is 12.4. The Morgan fingerprint density at radius 1 is 1.18 bits per heavy atom. The molecule has 1 aliphatic rings. The van der Waals surface area contributed by atoms with Crippen LogP contribution in [0, 0.1) is 5.92 Å². The first kappa shape index (κ1) is 27.2. The van der Waals surface area contributed by atoms with E-state index in [9.17, 15) is 18.0 Å². The quantitative estimate of drug-likeness (QED) is 0.212. The summed E-state index contributed by atoms with van der Waals surface area (Å²) in [6.45, 7) is 3.85. The lowest BCUT2D eigenvalue weighted by atomic mass is 9.93. The van der Waals surface area contributed by atoms with Crippen molar-refractivity contribution >= 4 is 35.8 Å². The van der Waals surface area contributed by atoms with Crippen molar-refractivity contribution in [2.45, 2.75) is 45.2 Å². The lowest BCUT2D eigenvalue weighted by Gasteiger charge is -2.32. The zero-order valence-electron chi connectivity index (χ0n) is 17.1. The van der Waals surface area contributed by atoms with Crippen LogP contribution in [0.25, 0.3) is 0 Å². The first-order valence-electron chi connectivity index (χ1n) is 9.72. The Morgan fingerprint density at radius 2 is 1.79 bits per heavy atom. The summed E-state index contributed by atoms with van der Waals surface area (Å²) in [5.74, 6) is 0.971. The Kier molecular flexibility index (Phi) is 13.8. The summed E-state index contributed by atoms with van der Waals surface area (Å²) < 4.78 is 37.3. The third-order valence-electron chi connectivity index (χ3n) is 4.65. The summed E-state index contributed by atoms with van der Waals surface area (Å²) in [5, 5.41) is 6.46. The van der Waals surface area contributed by atoms with Crippen molar-refractivity contribution in [3.05, 3.63) is 0 Å². The maximum Gasteiger partial charge on any atom is 0.401 e.